The smallest absolute Gasteiger partial charge is 0.349 e. The molecule has 1 aromatic carbocycles. The average molecular weight is 328 g/mol. The number of rotatable bonds is 4. The molecule has 0 saturated carbocycles. The fourth-order valence-corrected chi connectivity index (χ4v) is 3.26. The van der Waals surface area contributed by atoms with Crippen LogP contribution in [0.2, 0.25) is 0 Å². The predicted molar refractivity (Wildman–Crippen MR) is 89.8 cm³/mol. The van der Waals surface area contributed by atoms with E-state index in [9.17, 15) is 9.59 Å². The Bertz CT molecular complexity index is 913. The molecule has 0 aliphatic heterocycles. The Kier molecular flexibility index (Phi) is 4.25. The van der Waals surface area contributed by atoms with Gasteiger partial charge in [0.05, 0.1) is 6.04 Å². The Morgan fingerprint density at radius 3 is 2.87 bits per heavy atom. The second-order valence-electron chi connectivity index (χ2n) is 5.25. The van der Waals surface area contributed by atoms with E-state index in [0.717, 1.165) is 16.1 Å². The lowest BCUT2D eigenvalue weighted by Gasteiger charge is -2.14. The zero-order valence-electron chi connectivity index (χ0n) is 12.8. The molecule has 0 spiro atoms. The average Bonchev–Trinajstić information content (AvgIpc) is 2.98. The molecule has 23 heavy (non-hydrogen) atoms. The van der Waals surface area contributed by atoms with Crippen LogP contribution in [0.15, 0.2) is 44.9 Å². The number of amides is 1. The quantitative estimate of drug-likeness (QED) is 0.745. The molecule has 0 aliphatic rings. The summed E-state index contributed by atoms with van der Waals surface area (Å²) in [6.45, 7) is 3.87. The molecule has 1 atom stereocenters. The fraction of sp³-hybridized carbons (Fsp3) is 0.235. The van der Waals surface area contributed by atoms with Crippen molar-refractivity contribution in [3.63, 3.8) is 0 Å². The van der Waals surface area contributed by atoms with Gasteiger partial charge in [0.1, 0.15) is 16.2 Å². The lowest BCUT2D eigenvalue weighted by Crippen LogP contribution is -2.31. The predicted octanol–water partition coefficient (Wildman–Crippen LogP) is 3.44. The molecule has 0 aliphatic carbocycles. The van der Waals surface area contributed by atoms with E-state index in [0.29, 0.717) is 12.0 Å². The Morgan fingerprint density at radius 1 is 1.39 bits per heavy atom. The highest BCUT2D eigenvalue weighted by molar-refractivity contribution is 7.09. The van der Waals surface area contributed by atoms with Crippen LogP contribution in [-0.2, 0) is 0 Å². The van der Waals surface area contributed by atoms with Crippen molar-refractivity contribution in [1.29, 1.82) is 0 Å². The van der Waals surface area contributed by atoms with E-state index in [-0.39, 0.29) is 11.6 Å². The van der Waals surface area contributed by atoms with E-state index in [2.05, 4.69) is 10.3 Å². The second-order valence-corrected chi connectivity index (χ2v) is 6.14. The highest BCUT2D eigenvalue weighted by Crippen LogP contribution is 2.21. The van der Waals surface area contributed by atoms with Crippen LogP contribution in [0.25, 0.3) is 11.0 Å². The highest BCUT2D eigenvalue weighted by atomic mass is 32.1. The van der Waals surface area contributed by atoms with Crippen molar-refractivity contribution < 1.29 is 9.21 Å². The molecule has 1 N–H and O–H groups in total. The number of hydrogen-bond donors (Lipinski definition) is 1. The Labute approximate surface area is 137 Å². The highest BCUT2D eigenvalue weighted by Gasteiger charge is 2.20. The van der Waals surface area contributed by atoms with Crippen LogP contribution in [0.1, 0.15) is 40.4 Å². The normalized spacial score (nSPS) is 12.3. The first-order valence-corrected chi connectivity index (χ1v) is 8.22. The standard InChI is InChI=1S/C17H16N2O3S/c1-3-13(16-18-10(2)9-23-16)19-15(20)12-8-11-6-4-5-7-14(11)22-17(12)21/h4-9,13H,3H2,1-2H3,(H,19,20)/t13-/m1/s1. The van der Waals surface area contributed by atoms with E-state index in [1.165, 1.54) is 11.3 Å². The first-order chi connectivity index (χ1) is 11.1. The molecular formula is C17H16N2O3S. The van der Waals surface area contributed by atoms with Crippen LogP contribution in [0.5, 0.6) is 0 Å². The minimum atomic E-state index is -0.633. The van der Waals surface area contributed by atoms with Crippen LogP contribution < -0.4 is 10.9 Å². The largest absolute Gasteiger partial charge is 0.422 e. The zero-order chi connectivity index (χ0) is 16.4. The molecule has 2 aromatic heterocycles. The van der Waals surface area contributed by atoms with Crippen LogP contribution >= 0.6 is 11.3 Å². The summed E-state index contributed by atoms with van der Waals surface area (Å²) in [5.41, 5.74) is 0.765. The molecule has 3 rings (SSSR count). The third-order valence-corrected chi connectivity index (χ3v) is 4.61. The van der Waals surface area contributed by atoms with Gasteiger partial charge >= 0.3 is 5.63 Å². The van der Waals surface area contributed by atoms with Crippen molar-refractivity contribution in [3.8, 4) is 0 Å². The van der Waals surface area contributed by atoms with Crippen molar-refractivity contribution >= 4 is 28.2 Å². The zero-order valence-corrected chi connectivity index (χ0v) is 13.6. The summed E-state index contributed by atoms with van der Waals surface area (Å²) in [6.07, 6.45) is 0.692. The summed E-state index contributed by atoms with van der Waals surface area (Å²) >= 11 is 1.50. The molecule has 0 bridgehead atoms. The number of fused-ring (bicyclic) bond motifs is 1. The fourth-order valence-electron chi connectivity index (χ4n) is 2.33. The number of benzene rings is 1. The van der Waals surface area contributed by atoms with Gasteiger partial charge in [-0.3, -0.25) is 4.79 Å². The van der Waals surface area contributed by atoms with Crippen LogP contribution in [0, 0.1) is 6.92 Å². The molecular weight excluding hydrogens is 312 g/mol. The Morgan fingerprint density at radius 2 is 2.17 bits per heavy atom. The van der Waals surface area contributed by atoms with Crippen molar-refractivity contribution in [2.45, 2.75) is 26.3 Å². The maximum absolute atomic E-state index is 12.5. The van der Waals surface area contributed by atoms with Gasteiger partial charge < -0.3 is 9.73 Å². The van der Waals surface area contributed by atoms with Gasteiger partial charge in [0.15, 0.2) is 0 Å². The summed E-state index contributed by atoms with van der Waals surface area (Å²) in [5, 5.41) is 6.36. The number of carbonyl (C=O) groups is 1. The van der Waals surface area contributed by atoms with Crippen LogP contribution in [0.3, 0.4) is 0 Å². The Balaban J connectivity index is 1.90. The van der Waals surface area contributed by atoms with Crippen molar-refractivity contribution in [1.82, 2.24) is 10.3 Å². The van der Waals surface area contributed by atoms with Crippen molar-refractivity contribution in [2.75, 3.05) is 0 Å². The number of thiazole rings is 1. The molecule has 0 saturated heterocycles. The van der Waals surface area contributed by atoms with Crippen molar-refractivity contribution in [3.05, 3.63) is 62.4 Å². The molecule has 0 fully saturated rings. The van der Waals surface area contributed by atoms with Gasteiger partial charge in [-0.15, -0.1) is 11.3 Å². The summed E-state index contributed by atoms with van der Waals surface area (Å²) < 4.78 is 5.21. The topological polar surface area (TPSA) is 72.2 Å². The van der Waals surface area contributed by atoms with Crippen LogP contribution in [-0.4, -0.2) is 10.9 Å². The number of carbonyl (C=O) groups excluding carboxylic acids is 1. The minimum Gasteiger partial charge on any atom is -0.422 e. The van der Waals surface area contributed by atoms with Gasteiger partial charge in [-0.25, -0.2) is 9.78 Å². The van der Waals surface area contributed by atoms with Gasteiger partial charge in [0, 0.05) is 16.5 Å². The number of para-hydroxylation sites is 1. The summed E-state index contributed by atoms with van der Waals surface area (Å²) in [7, 11) is 0. The molecule has 1 amide bonds. The Hall–Kier alpha value is -2.47. The monoisotopic (exact) mass is 328 g/mol. The number of nitrogens with one attached hydrogen (secondary N) is 1. The van der Waals surface area contributed by atoms with Crippen LogP contribution in [0.4, 0.5) is 0 Å². The second kappa shape index (κ2) is 6.34. The first kappa shape index (κ1) is 15.4. The van der Waals surface area contributed by atoms with E-state index in [1.807, 2.05) is 25.3 Å². The molecule has 0 unspecified atom stereocenters. The molecule has 118 valence electrons. The van der Waals surface area contributed by atoms with E-state index in [1.54, 1.807) is 24.3 Å². The molecule has 0 radical (unpaired) electrons. The number of aryl methyl sites for hydroxylation is 1. The van der Waals surface area contributed by atoms with Gasteiger partial charge in [-0.1, -0.05) is 25.1 Å². The van der Waals surface area contributed by atoms with E-state index in [4.69, 9.17) is 4.42 Å². The number of aromatic nitrogens is 1. The van der Waals surface area contributed by atoms with Gasteiger partial charge in [-0.05, 0) is 25.5 Å². The summed E-state index contributed by atoms with van der Waals surface area (Å²) in [6, 6.07) is 8.46. The first-order valence-electron chi connectivity index (χ1n) is 7.34. The SMILES string of the molecule is CC[C@@H](NC(=O)c1cc2ccccc2oc1=O)c1nc(C)cs1. The molecule has 5 nitrogen and oxygen atoms in total. The molecule has 3 aromatic rings. The van der Waals surface area contributed by atoms with E-state index >= 15 is 0 Å². The molecule has 6 heteroatoms. The third-order valence-electron chi connectivity index (χ3n) is 3.53. The molecule has 2 heterocycles. The minimum absolute atomic E-state index is 0.00966. The van der Waals surface area contributed by atoms with Gasteiger partial charge in [-0.2, -0.15) is 0 Å². The van der Waals surface area contributed by atoms with Crippen molar-refractivity contribution in [2.24, 2.45) is 0 Å². The summed E-state index contributed by atoms with van der Waals surface area (Å²) in [5.74, 6) is -0.441. The third kappa shape index (κ3) is 3.17. The number of nitrogens with zero attached hydrogens (tertiary/aromatic N) is 1. The summed E-state index contributed by atoms with van der Waals surface area (Å²) in [4.78, 5) is 28.9. The lowest BCUT2D eigenvalue weighted by molar-refractivity contribution is 0.0932. The maximum Gasteiger partial charge on any atom is 0.349 e. The maximum atomic E-state index is 12.5. The van der Waals surface area contributed by atoms with Gasteiger partial charge in [0.25, 0.3) is 5.91 Å². The van der Waals surface area contributed by atoms with E-state index < -0.39 is 11.5 Å². The van der Waals surface area contributed by atoms with Gasteiger partial charge in [0.2, 0.25) is 0 Å². The number of hydrogen-bond acceptors (Lipinski definition) is 5. The lowest BCUT2D eigenvalue weighted by atomic mass is 10.1.